The molecule has 1 saturated heterocycles. The van der Waals surface area contributed by atoms with Crippen LogP contribution in [-0.4, -0.2) is 27.6 Å². The highest BCUT2D eigenvalue weighted by Crippen LogP contribution is 2.44. The maximum atomic E-state index is 13.6. The number of aryl methyl sites for hydroxylation is 2. The summed E-state index contributed by atoms with van der Waals surface area (Å²) in [6.45, 7) is 11.9. The highest BCUT2D eigenvalue weighted by molar-refractivity contribution is 7.18. The van der Waals surface area contributed by atoms with Gasteiger partial charge in [0.1, 0.15) is 18.1 Å². The Morgan fingerprint density at radius 3 is 2.21 bits per heavy atom. The van der Waals surface area contributed by atoms with Gasteiger partial charge in [-0.1, -0.05) is 80.6 Å². The molecule has 0 spiro atoms. The lowest BCUT2D eigenvalue weighted by molar-refractivity contribution is -0.132. The number of thiazole rings is 1. The number of ether oxygens (including phenoxy) is 1. The number of Topliss-reactive ketones (excluding diaryl/α,β-unsaturated/α-hetero) is 2. The van der Waals surface area contributed by atoms with Crippen molar-refractivity contribution in [3.8, 4) is 5.75 Å². The quantitative estimate of drug-likeness (QED) is 0.103. The zero-order chi connectivity index (χ0) is 31.1. The molecule has 1 N–H and O–H groups in total. The minimum Gasteiger partial charge on any atom is -0.507 e. The molecule has 8 heteroatoms. The highest BCUT2D eigenvalue weighted by atomic mass is 32.1. The molecule has 0 bridgehead atoms. The number of carbonyl (C=O) groups excluding carboxylic acids is 3. The second-order valence-electron chi connectivity index (χ2n) is 11.7. The Bertz CT molecular complexity index is 1740. The second kappa shape index (κ2) is 11.6. The van der Waals surface area contributed by atoms with Crippen LogP contribution in [0.4, 0.5) is 5.13 Å². The predicted octanol–water partition coefficient (Wildman–Crippen LogP) is 7.47. The van der Waals surface area contributed by atoms with Crippen LogP contribution in [0.2, 0.25) is 0 Å². The number of carbonyl (C=O) groups is 3. The number of anilines is 1. The van der Waals surface area contributed by atoms with Gasteiger partial charge in [-0.3, -0.25) is 19.3 Å². The highest BCUT2D eigenvalue weighted by Gasteiger charge is 2.48. The van der Waals surface area contributed by atoms with Crippen molar-refractivity contribution in [3.05, 3.63) is 117 Å². The number of aliphatic hydroxyl groups excluding tert-OH is 1. The van der Waals surface area contributed by atoms with Crippen molar-refractivity contribution in [1.82, 2.24) is 4.98 Å². The minimum atomic E-state index is -0.934. The van der Waals surface area contributed by atoms with Crippen molar-refractivity contribution in [2.24, 2.45) is 0 Å². The van der Waals surface area contributed by atoms with Crippen LogP contribution in [0, 0.1) is 13.8 Å². The molecule has 43 heavy (non-hydrogen) atoms. The first-order valence-corrected chi connectivity index (χ1v) is 14.9. The van der Waals surface area contributed by atoms with Gasteiger partial charge >= 0.3 is 5.91 Å². The van der Waals surface area contributed by atoms with Crippen molar-refractivity contribution in [2.75, 3.05) is 4.90 Å². The number of ketones is 2. The van der Waals surface area contributed by atoms with Crippen LogP contribution in [0.3, 0.4) is 0 Å². The van der Waals surface area contributed by atoms with Crippen molar-refractivity contribution in [1.29, 1.82) is 0 Å². The number of aliphatic hydroxyl groups is 1. The van der Waals surface area contributed by atoms with Crippen LogP contribution in [0.5, 0.6) is 5.75 Å². The third kappa shape index (κ3) is 5.88. The Kier molecular flexibility index (Phi) is 8.08. The zero-order valence-electron chi connectivity index (χ0n) is 25.1. The van der Waals surface area contributed by atoms with E-state index in [1.165, 1.54) is 11.8 Å². The smallest absolute Gasteiger partial charge is 0.301 e. The topological polar surface area (TPSA) is 96.8 Å². The average molecular weight is 595 g/mol. The molecule has 1 aliphatic rings. The molecule has 2 heterocycles. The Hall–Kier alpha value is -4.56. The van der Waals surface area contributed by atoms with Crippen LogP contribution < -0.4 is 9.64 Å². The molecule has 4 aromatic rings. The molecular formula is C35H34N2O5S. The first kappa shape index (κ1) is 29.9. The fraction of sp³-hybridized carbons (Fsp3) is 0.257. The summed E-state index contributed by atoms with van der Waals surface area (Å²) in [6, 6.07) is 21.5. The van der Waals surface area contributed by atoms with E-state index in [0.717, 1.165) is 28.0 Å². The number of aromatic nitrogens is 1. The molecule has 1 aromatic heterocycles. The van der Waals surface area contributed by atoms with E-state index in [0.29, 0.717) is 34.1 Å². The van der Waals surface area contributed by atoms with E-state index in [9.17, 15) is 19.5 Å². The third-order valence-corrected chi connectivity index (χ3v) is 8.89. The monoisotopic (exact) mass is 594 g/mol. The molecule has 220 valence electrons. The van der Waals surface area contributed by atoms with Crippen LogP contribution in [-0.2, 0) is 21.6 Å². The second-order valence-corrected chi connectivity index (χ2v) is 12.7. The summed E-state index contributed by atoms with van der Waals surface area (Å²) in [5, 5.41) is 11.8. The standard InChI is InChI=1S/C35H34N2O5S/c1-20-9-7-8-10-25(20)19-42-27-17-13-24(14-18-27)30(39)28-29(23-11-15-26(16-12-23)35(4,5)6)37(33(41)31(28)40)34-36-21(2)32(43-34)22(3)38/h7-18,29,39H,19H2,1-6H3/b30-28+. The van der Waals surface area contributed by atoms with Gasteiger partial charge in [-0.05, 0) is 65.8 Å². The van der Waals surface area contributed by atoms with E-state index in [4.69, 9.17) is 4.74 Å². The summed E-state index contributed by atoms with van der Waals surface area (Å²) in [6.07, 6.45) is 0. The SMILES string of the molecule is CC(=O)c1sc(N2C(=O)C(=O)/C(=C(/O)c3ccc(OCc4ccccc4C)cc3)C2c2ccc(C(C)(C)C)cc2)nc1C. The summed E-state index contributed by atoms with van der Waals surface area (Å²) in [7, 11) is 0. The maximum Gasteiger partial charge on any atom is 0.301 e. The lowest BCUT2D eigenvalue weighted by Gasteiger charge is -2.24. The molecule has 3 aromatic carbocycles. The Balaban J connectivity index is 1.55. The van der Waals surface area contributed by atoms with Gasteiger partial charge in [0.05, 0.1) is 22.2 Å². The fourth-order valence-electron chi connectivity index (χ4n) is 5.12. The molecule has 1 amide bonds. The number of rotatable bonds is 7. The van der Waals surface area contributed by atoms with Gasteiger partial charge in [-0.2, -0.15) is 0 Å². The normalized spacial score (nSPS) is 16.5. The Labute approximate surface area is 255 Å². The first-order valence-electron chi connectivity index (χ1n) is 14.0. The van der Waals surface area contributed by atoms with Crippen molar-refractivity contribution < 1.29 is 24.2 Å². The van der Waals surface area contributed by atoms with Gasteiger partial charge in [0.25, 0.3) is 5.78 Å². The van der Waals surface area contributed by atoms with Gasteiger partial charge in [0, 0.05) is 12.5 Å². The molecule has 1 aliphatic heterocycles. The van der Waals surface area contributed by atoms with E-state index in [-0.39, 0.29) is 27.7 Å². The van der Waals surface area contributed by atoms with Crippen LogP contribution in [0.15, 0.2) is 78.4 Å². The molecule has 1 atom stereocenters. The molecular weight excluding hydrogens is 560 g/mol. The van der Waals surface area contributed by atoms with E-state index in [1.54, 1.807) is 31.2 Å². The van der Waals surface area contributed by atoms with Crippen molar-refractivity contribution in [2.45, 2.75) is 59.6 Å². The zero-order valence-corrected chi connectivity index (χ0v) is 25.9. The fourth-order valence-corrected chi connectivity index (χ4v) is 6.11. The van der Waals surface area contributed by atoms with Gasteiger partial charge in [-0.15, -0.1) is 0 Å². The number of hydrogen-bond donors (Lipinski definition) is 1. The molecule has 0 radical (unpaired) electrons. The number of amides is 1. The van der Waals surface area contributed by atoms with E-state index in [1.807, 2.05) is 55.5 Å². The predicted molar refractivity (Wildman–Crippen MR) is 169 cm³/mol. The summed E-state index contributed by atoms with van der Waals surface area (Å²) in [5.74, 6) is -1.50. The molecule has 0 saturated carbocycles. The van der Waals surface area contributed by atoms with Crippen molar-refractivity contribution in [3.63, 3.8) is 0 Å². The third-order valence-electron chi connectivity index (χ3n) is 7.63. The summed E-state index contributed by atoms with van der Waals surface area (Å²) in [5.41, 5.74) is 4.63. The van der Waals surface area contributed by atoms with Gasteiger partial charge in [0.15, 0.2) is 10.9 Å². The number of hydrogen-bond acceptors (Lipinski definition) is 7. The van der Waals surface area contributed by atoms with E-state index >= 15 is 0 Å². The molecule has 5 rings (SSSR count). The van der Waals surface area contributed by atoms with Crippen LogP contribution in [0.1, 0.15) is 76.9 Å². The van der Waals surface area contributed by atoms with E-state index in [2.05, 4.69) is 25.8 Å². The van der Waals surface area contributed by atoms with Crippen LogP contribution >= 0.6 is 11.3 Å². The Morgan fingerprint density at radius 2 is 1.63 bits per heavy atom. The minimum absolute atomic E-state index is 0.0423. The average Bonchev–Trinajstić information content (AvgIpc) is 3.48. The molecule has 1 fully saturated rings. The maximum absolute atomic E-state index is 13.6. The summed E-state index contributed by atoms with van der Waals surface area (Å²) in [4.78, 5) is 45.5. The summed E-state index contributed by atoms with van der Waals surface area (Å²) >= 11 is 1.06. The van der Waals surface area contributed by atoms with Gasteiger partial charge in [0.2, 0.25) is 0 Å². The van der Waals surface area contributed by atoms with Crippen molar-refractivity contribution >= 4 is 39.7 Å². The van der Waals surface area contributed by atoms with Gasteiger partial charge in [-0.25, -0.2) is 4.98 Å². The van der Waals surface area contributed by atoms with Crippen LogP contribution in [0.25, 0.3) is 5.76 Å². The molecule has 7 nitrogen and oxygen atoms in total. The number of nitrogens with zero attached hydrogens (tertiary/aromatic N) is 2. The van der Waals surface area contributed by atoms with E-state index < -0.39 is 17.7 Å². The lowest BCUT2D eigenvalue weighted by Crippen LogP contribution is -2.29. The molecule has 0 aliphatic carbocycles. The van der Waals surface area contributed by atoms with Gasteiger partial charge < -0.3 is 9.84 Å². The summed E-state index contributed by atoms with van der Waals surface area (Å²) < 4.78 is 5.95. The largest absolute Gasteiger partial charge is 0.507 e. The number of benzene rings is 3. The lowest BCUT2D eigenvalue weighted by atomic mass is 9.85. The Morgan fingerprint density at radius 1 is 0.977 bits per heavy atom. The first-order chi connectivity index (χ1) is 20.4. The molecule has 1 unspecified atom stereocenters.